The molecule has 30 heavy (non-hydrogen) atoms. The van der Waals surface area contributed by atoms with Gasteiger partial charge in [-0.1, -0.05) is 36.4 Å². The van der Waals surface area contributed by atoms with Crippen LogP contribution in [-0.2, 0) is 16.6 Å². The summed E-state index contributed by atoms with van der Waals surface area (Å²) in [6.07, 6.45) is 2.82. The Morgan fingerprint density at radius 2 is 1.80 bits per heavy atom. The van der Waals surface area contributed by atoms with Crippen LogP contribution in [0.4, 0.5) is 0 Å². The number of aromatic nitrogens is 1. The van der Waals surface area contributed by atoms with E-state index in [1.807, 2.05) is 12.1 Å². The van der Waals surface area contributed by atoms with Gasteiger partial charge < -0.3 is 9.30 Å². The fraction of sp³-hybridized carbons (Fsp3) is 0.333. The molecule has 0 saturated carbocycles. The third-order valence-electron chi connectivity index (χ3n) is 5.98. The van der Waals surface area contributed by atoms with E-state index < -0.39 is 10.0 Å². The lowest BCUT2D eigenvalue weighted by molar-refractivity contribution is 0.414. The molecule has 1 aliphatic rings. The molecule has 158 valence electrons. The van der Waals surface area contributed by atoms with Gasteiger partial charge in [0.2, 0.25) is 10.0 Å². The zero-order valence-electron chi connectivity index (χ0n) is 17.8. The van der Waals surface area contributed by atoms with Gasteiger partial charge in [0.05, 0.1) is 12.9 Å². The Balaban J connectivity index is 1.72. The number of fused-ring (bicyclic) bond motifs is 1. The van der Waals surface area contributed by atoms with Crippen LogP contribution in [0.2, 0.25) is 0 Å². The number of nitrogens with zero attached hydrogens (tertiary/aromatic N) is 2. The molecule has 0 unspecified atom stereocenters. The van der Waals surface area contributed by atoms with Gasteiger partial charge in [-0.3, -0.25) is 0 Å². The zero-order chi connectivity index (χ0) is 21.3. The highest BCUT2D eigenvalue weighted by atomic mass is 32.2. The third-order valence-corrected chi connectivity index (χ3v) is 7.83. The van der Waals surface area contributed by atoms with E-state index in [1.165, 1.54) is 33.3 Å². The van der Waals surface area contributed by atoms with Gasteiger partial charge in [-0.15, -0.1) is 0 Å². The lowest BCUT2D eigenvalue weighted by Gasteiger charge is -2.25. The molecule has 4 rings (SSSR count). The molecule has 0 bridgehead atoms. The quantitative estimate of drug-likeness (QED) is 0.588. The minimum absolute atomic E-state index is 0.149. The molecule has 1 aliphatic heterocycles. The molecule has 1 aromatic heterocycles. The van der Waals surface area contributed by atoms with E-state index in [2.05, 4.69) is 54.0 Å². The summed E-state index contributed by atoms with van der Waals surface area (Å²) in [5.74, 6) is 1.00. The molecular formula is C24H28N2O3S. The van der Waals surface area contributed by atoms with Crippen LogP contribution >= 0.6 is 0 Å². The van der Waals surface area contributed by atoms with Gasteiger partial charge in [0.25, 0.3) is 0 Å². The Kier molecular flexibility index (Phi) is 5.71. The van der Waals surface area contributed by atoms with Crippen LogP contribution in [0, 0.1) is 6.92 Å². The van der Waals surface area contributed by atoms with Gasteiger partial charge in [-0.2, -0.15) is 4.31 Å². The van der Waals surface area contributed by atoms with Crippen LogP contribution in [0.15, 0.2) is 54.6 Å². The van der Waals surface area contributed by atoms with Crippen molar-refractivity contribution < 1.29 is 13.2 Å². The van der Waals surface area contributed by atoms with Crippen molar-refractivity contribution in [3.05, 3.63) is 71.4 Å². The normalized spacial score (nSPS) is 15.4. The van der Waals surface area contributed by atoms with Crippen molar-refractivity contribution in [1.82, 2.24) is 8.87 Å². The molecular weight excluding hydrogens is 396 g/mol. The van der Waals surface area contributed by atoms with Crippen molar-refractivity contribution in [3.8, 4) is 5.75 Å². The molecule has 6 heteroatoms. The van der Waals surface area contributed by atoms with Gasteiger partial charge in [-0.25, -0.2) is 8.42 Å². The molecule has 2 aromatic carbocycles. The van der Waals surface area contributed by atoms with Gasteiger partial charge in [-0.05, 0) is 49.6 Å². The van der Waals surface area contributed by atoms with E-state index in [9.17, 15) is 8.42 Å². The topological polar surface area (TPSA) is 51.5 Å². The lowest BCUT2D eigenvalue weighted by Crippen LogP contribution is -2.35. The van der Waals surface area contributed by atoms with Crippen LogP contribution in [0.3, 0.4) is 0 Å². The number of para-hydroxylation sites is 1. The number of hydrogen-bond acceptors (Lipinski definition) is 3. The Morgan fingerprint density at radius 3 is 2.43 bits per heavy atom. The van der Waals surface area contributed by atoms with E-state index in [4.69, 9.17) is 4.74 Å². The van der Waals surface area contributed by atoms with Crippen LogP contribution in [0.1, 0.15) is 30.2 Å². The van der Waals surface area contributed by atoms with Crippen LogP contribution < -0.4 is 4.74 Å². The van der Waals surface area contributed by atoms with Crippen molar-refractivity contribution in [2.24, 2.45) is 0 Å². The number of methoxy groups -OCH3 is 1. The minimum atomic E-state index is -3.15. The van der Waals surface area contributed by atoms with Crippen molar-refractivity contribution in [1.29, 1.82) is 0 Å². The van der Waals surface area contributed by atoms with Crippen molar-refractivity contribution in [2.45, 2.75) is 26.8 Å². The average molecular weight is 425 g/mol. The van der Waals surface area contributed by atoms with E-state index in [0.717, 1.165) is 18.7 Å². The van der Waals surface area contributed by atoms with E-state index in [1.54, 1.807) is 18.3 Å². The van der Waals surface area contributed by atoms with Crippen LogP contribution in [0.5, 0.6) is 5.75 Å². The first kappa shape index (κ1) is 20.7. The molecule has 3 aromatic rings. The molecule has 5 nitrogen and oxygen atoms in total. The van der Waals surface area contributed by atoms with E-state index in [0.29, 0.717) is 13.1 Å². The lowest BCUT2D eigenvalue weighted by atomic mass is 9.97. The van der Waals surface area contributed by atoms with E-state index in [-0.39, 0.29) is 5.75 Å². The van der Waals surface area contributed by atoms with Gasteiger partial charge in [0.15, 0.2) is 0 Å². The largest absolute Gasteiger partial charge is 0.497 e. The Hall–Kier alpha value is -2.57. The van der Waals surface area contributed by atoms with Crippen LogP contribution in [0.25, 0.3) is 16.5 Å². The summed E-state index contributed by atoms with van der Waals surface area (Å²) in [5, 5.41) is 1.22. The summed E-state index contributed by atoms with van der Waals surface area (Å²) in [7, 11) is -1.47. The predicted octanol–water partition coefficient (Wildman–Crippen LogP) is 4.45. The standard InChI is InChI=1S/C24H28N2O3S/c1-4-30(27,28)25-15-13-20(14-16-25)24-18(2)26(23-8-6-5-7-22(23)24)17-19-9-11-21(29-3)12-10-19/h5-13H,4,14-17H2,1-3H3. The molecule has 0 aliphatic carbocycles. The number of benzene rings is 2. The van der Waals surface area contributed by atoms with Crippen molar-refractivity contribution >= 4 is 26.5 Å². The summed E-state index contributed by atoms with van der Waals surface area (Å²) < 4.78 is 33.6. The first-order chi connectivity index (χ1) is 14.4. The van der Waals surface area contributed by atoms with Crippen LogP contribution in [-0.4, -0.2) is 43.2 Å². The number of sulfonamides is 1. The smallest absolute Gasteiger partial charge is 0.214 e. The van der Waals surface area contributed by atoms with Gasteiger partial charge in [0, 0.05) is 41.8 Å². The summed E-state index contributed by atoms with van der Waals surface area (Å²) in [5.41, 5.74) is 6.10. The third kappa shape index (κ3) is 3.77. The highest BCUT2D eigenvalue weighted by molar-refractivity contribution is 7.89. The fourth-order valence-electron chi connectivity index (χ4n) is 4.27. The summed E-state index contributed by atoms with van der Waals surface area (Å²) in [6, 6.07) is 16.6. The average Bonchev–Trinajstić information content (AvgIpc) is 3.06. The summed E-state index contributed by atoms with van der Waals surface area (Å²) in [6.45, 7) is 5.63. The maximum Gasteiger partial charge on any atom is 0.214 e. The number of rotatable bonds is 6. The Bertz CT molecular complexity index is 1190. The number of hydrogen-bond donors (Lipinski definition) is 0. The molecule has 0 atom stereocenters. The molecule has 2 heterocycles. The fourth-order valence-corrected chi connectivity index (χ4v) is 5.30. The maximum absolute atomic E-state index is 12.2. The van der Waals surface area contributed by atoms with Gasteiger partial charge >= 0.3 is 0 Å². The maximum atomic E-state index is 12.2. The second-order valence-electron chi connectivity index (χ2n) is 7.65. The molecule has 0 N–H and O–H groups in total. The number of ether oxygens (including phenoxy) is 1. The highest BCUT2D eigenvalue weighted by Gasteiger charge is 2.25. The molecule has 0 amide bonds. The van der Waals surface area contributed by atoms with Crippen molar-refractivity contribution in [3.63, 3.8) is 0 Å². The molecule has 0 radical (unpaired) electrons. The minimum Gasteiger partial charge on any atom is -0.497 e. The highest BCUT2D eigenvalue weighted by Crippen LogP contribution is 2.35. The van der Waals surface area contributed by atoms with Crippen molar-refractivity contribution in [2.75, 3.05) is 26.0 Å². The summed E-state index contributed by atoms with van der Waals surface area (Å²) >= 11 is 0. The van der Waals surface area contributed by atoms with E-state index >= 15 is 0 Å². The second-order valence-corrected chi connectivity index (χ2v) is 9.91. The monoisotopic (exact) mass is 424 g/mol. The zero-order valence-corrected chi connectivity index (χ0v) is 18.6. The SMILES string of the molecule is CCS(=O)(=O)N1CC=C(c2c(C)n(Cc3ccc(OC)cc3)c3ccccc23)CC1. The first-order valence-corrected chi connectivity index (χ1v) is 11.9. The van der Waals surface area contributed by atoms with Gasteiger partial charge in [0.1, 0.15) is 5.75 Å². The first-order valence-electron chi connectivity index (χ1n) is 10.3. The second kappa shape index (κ2) is 8.28. The summed E-state index contributed by atoms with van der Waals surface area (Å²) in [4.78, 5) is 0. The Labute approximate surface area is 178 Å². The Morgan fingerprint density at radius 1 is 1.07 bits per heavy atom. The molecule has 0 spiro atoms. The predicted molar refractivity (Wildman–Crippen MR) is 122 cm³/mol. The molecule has 0 saturated heterocycles. The molecule has 0 fully saturated rings.